The average molecular weight is 425 g/mol. The molecule has 1 atom stereocenters. The van der Waals surface area contributed by atoms with E-state index in [1.807, 2.05) is 21.1 Å². The van der Waals surface area contributed by atoms with Gasteiger partial charge in [-0.15, -0.1) is 0 Å². The van der Waals surface area contributed by atoms with Gasteiger partial charge in [-0.2, -0.15) is 0 Å². The van der Waals surface area contributed by atoms with E-state index in [2.05, 4.69) is 6.92 Å². The zero-order valence-electron chi connectivity index (χ0n) is 18.5. The van der Waals surface area contributed by atoms with Crippen LogP contribution in [0.1, 0.15) is 77.6 Å². The molecule has 0 rings (SSSR count). The predicted molar refractivity (Wildman–Crippen MR) is 112 cm³/mol. The lowest BCUT2D eigenvalue weighted by Gasteiger charge is -2.24. The van der Waals surface area contributed by atoms with E-state index in [9.17, 15) is 14.3 Å². The van der Waals surface area contributed by atoms with Crippen LogP contribution < -0.4 is 0 Å². The van der Waals surface area contributed by atoms with Crippen LogP contribution in [0.15, 0.2) is 0 Å². The highest BCUT2D eigenvalue weighted by atomic mass is 31.2. The van der Waals surface area contributed by atoms with Gasteiger partial charge in [-0.3, -0.25) is 13.8 Å². The maximum Gasteiger partial charge on any atom is 0.472 e. The number of phosphoric ester groups is 1. The summed E-state index contributed by atoms with van der Waals surface area (Å²) < 4.78 is 27.5. The van der Waals surface area contributed by atoms with Gasteiger partial charge in [0.1, 0.15) is 13.2 Å². The Hall–Kier alpha value is -0.460. The normalized spacial score (nSPS) is 14.0. The van der Waals surface area contributed by atoms with Gasteiger partial charge in [0, 0.05) is 6.42 Å². The Balaban J connectivity index is 3.49. The molecule has 0 spiro atoms. The number of likely N-dealkylation sites (N-methyl/N-ethyl adjacent to an activating group) is 1. The molecule has 168 valence electrons. The van der Waals surface area contributed by atoms with Gasteiger partial charge in [-0.25, -0.2) is 4.57 Å². The largest absolute Gasteiger partial charge is 0.472 e. The molecule has 0 radical (unpaired) electrons. The zero-order chi connectivity index (χ0) is 21.3. The molecule has 0 amide bonds. The second-order valence-electron chi connectivity index (χ2n) is 8.30. The second kappa shape index (κ2) is 16.3. The van der Waals surface area contributed by atoms with E-state index in [-0.39, 0.29) is 19.2 Å². The summed E-state index contributed by atoms with van der Waals surface area (Å²) in [6.45, 7) is 3.65. The zero-order valence-corrected chi connectivity index (χ0v) is 19.4. The van der Waals surface area contributed by atoms with E-state index in [4.69, 9.17) is 13.8 Å². The van der Waals surface area contributed by atoms with Crippen molar-refractivity contribution in [2.75, 3.05) is 47.5 Å². The fourth-order valence-electron chi connectivity index (χ4n) is 2.51. The summed E-state index contributed by atoms with van der Waals surface area (Å²) in [5, 5.41) is 0. The highest BCUT2D eigenvalue weighted by Gasteiger charge is 2.22. The van der Waals surface area contributed by atoms with Crippen molar-refractivity contribution in [1.29, 1.82) is 0 Å². The van der Waals surface area contributed by atoms with Crippen LogP contribution in [0.5, 0.6) is 0 Å². The minimum Gasteiger partial charge on any atom is -0.466 e. The predicted octanol–water partition coefficient (Wildman–Crippen LogP) is 4.68. The van der Waals surface area contributed by atoms with Crippen molar-refractivity contribution in [1.82, 2.24) is 0 Å². The lowest BCUT2D eigenvalue weighted by atomic mass is 10.1. The topological polar surface area (TPSA) is 82.1 Å². The fraction of sp³-hybridized carbons (Fsp3) is 0.950. The number of carbonyl (C=O) groups is 1. The van der Waals surface area contributed by atoms with Gasteiger partial charge < -0.3 is 14.1 Å². The molecule has 0 aromatic heterocycles. The molecule has 0 saturated carbocycles. The molecule has 0 aliphatic carbocycles. The first-order valence-electron chi connectivity index (χ1n) is 10.7. The number of rotatable bonds is 19. The van der Waals surface area contributed by atoms with Crippen molar-refractivity contribution < 1.29 is 32.5 Å². The van der Waals surface area contributed by atoms with Gasteiger partial charge >= 0.3 is 13.8 Å². The third-order valence-electron chi connectivity index (χ3n) is 4.31. The molecule has 28 heavy (non-hydrogen) atoms. The quantitative estimate of drug-likeness (QED) is 0.140. The molecule has 0 fully saturated rings. The number of unbranched alkanes of at least 4 members (excludes halogenated alkanes) is 8. The molecule has 0 saturated heterocycles. The highest BCUT2D eigenvalue weighted by molar-refractivity contribution is 7.47. The monoisotopic (exact) mass is 424 g/mol. The number of phosphoric acid groups is 1. The van der Waals surface area contributed by atoms with Crippen molar-refractivity contribution in [2.24, 2.45) is 0 Å². The molecule has 0 heterocycles. The Bertz CT molecular complexity index is 439. The number of esters is 1. The number of hydrogen-bond acceptors (Lipinski definition) is 5. The van der Waals surface area contributed by atoms with Gasteiger partial charge in [-0.1, -0.05) is 51.9 Å². The Morgan fingerprint density at radius 1 is 0.821 bits per heavy atom. The summed E-state index contributed by atoms with van der Waals surface area (Å²) in [5.41, 5.74) is 0. The molecule has 0 aromatic carbocycles. The lowest BCUT2D eigenvalue weighted by molar-refractivity contribution is -0.870. The van der Waals surface area contributed by atoms with Crippen molar-refractivity contribution >= 4 is 13.8 Å². The van der Waals surface area contributed by atoms with Gasteiger partial charge in [0.25, 0.3) is 0 Å². The summed E-state index contributed by atoms with van der Waals surface area (Å²) in [7, 11) is 1.96. The van der Waals surface area contributed by atoms with E-state index in [0.717, 1.165) is 19.3 Å². The van der Waals surface area contributed by atoms with Crippen LogP contribution in [0.4, 0.5) is 0 Å². The summed E-state index contributed by atoms with van der Waals surface area (Å²) in [6.07, 6.45) is 10.8. The first-order chi connectivity index (χ1) is 13.2. The minimum absolute atomic E-state index is 0.144. The van der Waals surface area contributed by atoms with Gasteiger partial charge in [0.05, 0.1) is 34.4 Å². The van der Waals surface area contributed by atoms with Crippen molar-refractivity contribution in [3.63, 3.8) is 0 Å². The Labute approximate surface area is 171 Å². The number of quaternary nitrogens is 1. The molecule has 0 aromatic rings. The van der Waals surface area contributed by atoms with E-state index in [1.165, 1.54) is 32.1 Å². The molecular formula is C20H43NO6P+. The van der Waals surface area contributed by atoms with Gasteiger partial charge in [-0.05, 0) is 19.3 Å². The van der Waals surface area contributed by atoms with Crippen LogP contribution >= 0.6 is 7.82 Å². The van der Waals surface area contributed by atoms with Crippen LogP contribution in [0.2, 0.25) is 0 Å². The van der Waals surface area contributed by atoms with Gasteiger partial charge in [0.15, 0.2) is 0 Å². The Kier molecular flexibility index (Phi) is 16.1. The van der Waals surface area contributed by atoms with Crippen molar-refractivity contribution in [3.8, 4) is 0 Å². The molecule has 0 aliphatic heterocycles. The van der Waals surface area contributed by atoms with Crippen LogP contribution in [-0.4, -0.2) is 62.9 Å². The number of nitrogens with zero attached hydrogens (tertiary/aromatic N) is 1. The summed E-state index contributed by atoms with van der Waals surface area (Å²) >= 11 is 0. The van der Waals surface area contributed by atoms with E-state index < -0.39 is 7.82 Å². The molecule has 8 heteroatoms. The average Bonchev–Trinajstić information content (AvgIpc) is 2.59. The first-order valence-corrected chi connectivity index (χ1v) is 12.2. The van der Waals surface area contributed by atoms with Gasteiger partial charge in [0.2, 0.25) is 0 Å². The Morgan fingerprint density at radius 2 is 1.36 bits per heavy atom. The molecule has 0 bridgehead atoms. The fourth-order valence-corrected chi connectivity index (χ4v) is 3.26. The Morgan fingerprint density at radius 3 is 2.00 bits per heavy atom. The smallest absolute Gasteiger partial charge is 0.466 e. The number of carbonyl (C=O) groups excluding carboxylic acids is 1. The summed E-state index contributed by atoms with van der Waals surface area (Å²) in [6, 6.07) is 0. The van der Waals surface area contributed by atoms with Crippen molar-refractivity contribution in [2.45, 2.75) is 77.6 Å². The van der Waals surface area contributed by atoms with Crippen LogP contribution in [0, 0.1) is 0 Å². The second-order valence-corrected chi connectivity index (χ2v) is 9.75. The molecule has 0 aliphatic rings. The third kappa shape index (κ3) is 20.3. The third-order valence-corrected chi connectivity index (χ3v) is 5.32. The maximum atomic E-state index is 11.7. The van der Waals surface area contributed by atoms with Crippen LogP contribution in [0.3, 0.4) is 0 Å². The summed E-state index contributed by atoms with van der Waals surface area (Å²) in [4.78, 5) is 21.2. The van der Waals surface area contributed by atoms with Crippen LogP contribution in [0.25, 0.3) is 0 Å². The standard InChI is InChI=1S/C20H42NO6P/c1-5-6-7-8-9-10-13-17-25-20(22)15-12-11-14-18-26-28(23,24)27-19-16-21(2,3)4/h5-19H2,1-4H3/p+1. The first kappa shape index (κ1) is 27.5. The molecule has 1 unspecified atom stereocenters. The number of hydrogen-bond donors (Lipinski definition) is 1. The van der Waals surface area contributed by atoms with E-state index in [0.29, 0.717) is 36.9 Å². The van der Waals surface area contributed by atoms with Crippen molar-refractivity contribution in [3.05, 3.63) is 0 Å². The van der Waals surface area contributed by atoms with E-state index >= 15 is 0 Å². The van der Waals surface area contributed by atoms with E-state index in [1.54, 1.807) is 0 Å². The lowest BCUT2D eigenvalue weighted by Crippen LogP contribution is -2.37. The minimum atomic E-state index is -3.98. The molecular weight excluding hydrogens is 381 g/mol. The summed E-state index contributed by atoms with van der Waals surface area (Å²) in [5.74, 6) is -0.164. The molecule has 7 nitrogen and oxygen atoms in total. The van der Waals surface area contributed by atoms with Crippen LogP contribution in [-0.2, 0) is 23.1 Å². The SMILES string of the molecule is CCCCCCCCCOC(=O)CCCCCOP(=O)(O)OCC[N+](C)(C)C. The molecule has 1 N–H and O–H groups in total. The number of ether oxygens (including phenoxy) is 1. The highest BCUT2D eigenvalue weighted by Crippen LogP contribution is 2.43. The maximum absolute atomic E-state index is 11.7.